The Labute approximate surface area is 117 Å². The van der Waals surface area contributed by atoms with Gasteiger partial charge in [0.1, 0.15) is 5.01 Å². The van der Waals surface area contributed by atoms with Gasteiger partial charge in [0.25, 0.3) is 0 Å². The van der Waals surface area contributed by atoms with Crippen LogP contribution in [0.15, 0.2) is 34.5 Å². The highest BCUT2D eigenvalue weighted by atomic mass is 32.2. The molecule has 0 saturated heterocycles. The van der Waals surface area contributed by atoms with Crippen molar-refractivity contribution in [3.05, 3.63) is 35.3 Å². The minimum absolute atomic E-state index is 0.981. The first-order valence-electron chi connectivity index (χ1n) is 6.15. The van der Waals surface area contributed by atoms with E-state index in [1.54, 1.807) is 11.3 Å². The molecule has 0 spiro atoms. The van der Waals surface area contributed by atoms with E-state index in [1.165, 1.54) is 16.2 Å². The molecular formula is C14H18N2S2. The van der Waals surface area contributed by atoms with Gasteiger partial charge in [0.05, 0.1) is 5.69 Å². The van der Waals surface area contributed by atoms with Crippen LogP contribution in [0.5, 0.6) is 0 Å². The van der Waals surface area contributed by atoms with Gasteiger partial charge >= 0.3 is 0 Å². The molecule has 0 bridgehead atoms. The molecule has 18 heavy (non-hydrogen) atoms. The van der Waals surface area contributed by atoms with E-state index in [2.05, 4.69) is 46.9 Å². The number of thiazole rings is 1. The summed E-state index contributed by atoms with van der Waals surface area (Å²) in [5.74, 6) is 1.12. The van der Waals surface area contributed by atoms with Crippen molar-refractivity contribution in [2.75, 3.05) is 19.3 Å². The van der Waals surface area contributed by atoms with Gasteiger partial charge in [-0.1, -0.05) is 19.1 Å². The van der Waals surface area contributed by atoms with Gasteiger partial charge in [-0.3, -0.25) is 0 Å². The topological polar surface area (TPSA) is 24.9 Å². The van der Waals surface area contributed by atoms with Crippen molar-refractivity contribution in [3.8, 4) is 10.6 Å². The van der Waals surface area contributed by atoms with Gasteiger partial charge in [-0.25, -0.2) is 4.98 Å². The van der Waals surface area contributed by atoms with E-state index in [-0.39, 0.29) is 0 Å². The van der Waals surface area contributed by atoms with E-state index in [4.69, 9.17) is 0 Å². The van der Waals surface area contributed by atoms with Gasteiger partial charge in [-0.05, 0) is 24.9 Å². The predicted molar refractivity (Wildman–Crippen MR) is 81.6 cm³/mol. The lowest BCUT2D eigenvalue weighted by Crippen LogP contribution is -2.10. The average Bonchev–Trinajstić information content (AvgIpc) is 2.86. The molecule has 0 aliphatic rings. The quantitative estimate of drug-likeness (QED) is 0.816. The second-order valence-electron chi connectivity index (χ2n) is 3.95. The van der Waals surface area contributed by atoms with E-state index in [1.807, 2.05) is 18.8 Å². The second kappa shape index (κ2) is 6.92. The van der Waals surface area contributed by atoms with Crippen LogP contribution in [0.4, 0.5) is 0 Å². The Balaban J connectivity index is 2.08. The first kappa shape index (κ1) is 13.6. The first-order valence-corrected chi connectivity index (χ1v) is 8.02. The molecule has 0 fully saturated rings. The van der Waals surface area contributed by atoms with Crippen molar-refractivity contribution in [1.29, 1.82) is 0 Å². The molecule has 96 valence electrons. The van der Waals surface area contributed by atoms with Crippen LogP contribution in [0, 0.1) is 0 Å². The Morgan fingerprint density at radius 2 is 2.06 bits per heavy atom. The molecule has 0 saturated carbocycles. The van der Waals surface area contributed by atoms with Gasteiger partial charge in [0.15, 0.2) is 0 Å². The smallest absolute Gasteiger partial charge is 0.123 e. The van der Waals surface area contributed by atoms with Crippen LogP contribution in [0.2, 0.25) is 0 Å². The van der Waals surface area contributed by atoms with Crippen LogP contribution in [-0.4, -0.2) is 24.3 Å². The molecular weight excluding hydrogens is 260 g/mol. The molecule has 1 aromatic heterocycles. The van der Waals surface area contributed by atoms with Gasteiger partial charge in [0.2, 0.25) is 0 Å². The third kappa shape index (κ3) is 3.57. The molecule has 0 atom stereocenters. The monoisotopic (exact) mass is 278 g/mol. The summed E-state index contributed by atoms with van der Waals surface area (Å²) in [5.41, 5.74) is 2.40. The third-order valence-corrected chi connectivity index (χ3v) is 4.43. The lowest BCUT2D eigenvalue weighted by molar-refractivity contribution is 0.780. The molecule has 0 aliphatic heterocycles. The zero-order chi connectivity index (χ0) is 12.8. The van der Waals surface area contributed by atoms with Gasteiger partial charge in [-0.15, -0.1) is 23.1 Å². The van der Waals surface area contributed by atoms with Crippen molar-refractivity contribution in [2.24, 2.45) is 0 Å². The number of hydrogen-bond acceptors (Lipinski definition) is 4. The third-order valence-electron chi connectivity index (χ3n) is 2.60. The Morgan fingerprint density at radius 1 is 1.28 bits per heavy atom. The zero-order valence-corrected chi connectivity index (χ0v) is 12.4. The van der Waals surface area contributed by atoms with E-state index >= 15 is 0 Å². The SMILES string of the molecule is CCSc1ccc(-c2nc(CCNC)cs2)cc1. The molecule has 1 heterocycles. The lowest BCUT2D eigenvalue weighted by atomic mass is 10.2. The number of nitrogens with one attached hydrogen (secondary N) is 1. The minimum atomic E-state index is 0.981. The molecule has 1 N–H and O–H groups in total. The summed E-state index contributed by atoms with van der Waals surface area (Å²) in [6.07, 6.45) is 0.997. The maximum atomic E-state index is 4.67. The van der Waals surface area contributed by atoms with Crippen molar-refractivity contribution in [1.82, 2.24) is 10.3 Å². The molecule has 1 aromatic carbocycles. The molecule has 0 unspecified atom stereocenters. The molecule has 2 nitrogen and oxygen atoms in total. The van der Waals surface area contributed by atoms with Crippen LogP contribution in [0.25, 0.3) is 10.6 Å². The number of thioether (sulfide) groups is 1. The Bertz CT molecular complexity index is 477. The first-order chi connectivity index (χ1) is 8.83. The fourth-order valence-corrected chi connectivity index (χ4v) is 3.19. The highest BCUT2D eigenvalue weighted by Crippen LogP contribution is 2.26. The van der Waals surface area contributed by atoms with Crippen LogP contribution in [0.3, 0.4) is 0 Å². The average molecular weight is 278 g/mol. The summed E-state index contributed by atoms with van der Waals surface area (Å²) in [6, 6.07) is 8.69. The number of aromatic nitrogens is 1. The summed E-state index contributed by atoms with van der Waals surface area (Å²) >= 11 is 3.60. The molecule has 4 heteroatoms. The highest BCUT2D eigenvalue weighted by Gasteiger charge is 2.04. The van der Waals surface area contributed by atoms with Crippen LogP contribution in [0.1, 0.15) is 12.6 Å². The highest BCUT2D eigenvalue weighted by molar-refractivity contribution is 7.99. The zero-order valence-electron chi connectivity index (χ0n) is 10.8. The van der Waals surface area contributed by atoms with Crippen molar-refractivity contribution in [3.63, 3.8) is 0 Å². The Kier molecular flexibility index (Phi) is 5.23. The minimum Gasteiger partial charge on any atom is -0.319 e. The van der Waals surface area contributed by atoms with E-state index in [0.717, 1.165) is 23.7 Å². The van der Waals surface area contributed by atoms with Crippen LogP contribution in [-0.2, 0) is 6.42 Å². The maximum absolute atomic E-state index is 4.67. The largest absolute Gasteiger partial charge is 0.319 e. The second-order valence-corrected chi connectivity index (χ2v) is 6.15. The maximum Gasteiger partial charge on any atom is 0.123 e. The molecule has 2 aromatic rings. The van der Waals surface area contributed by atoms with Crippen molar-refractivity contribution < 1.29 is 0 Å². The van der Waals surface area contributed by atoms with Gasteiger partial charge < -0.3 is 5.32 Å². The van der Waals surface area contributed by atoms with Crippen molar-refractivity contribution in [2.45, 2.75) is 18.2 Å². The van der Waals surface area contributed by atoms with Crippen LogP contribution < -0.4 is 5.32 Å². The van der Waals surface area contributed by atoms with E-state index in [0.29, 0.717) is 0 Å². The Hall–Kier alpha value is -0.840. The number of benzene rings is 1. The lowest BCUT2D eigenvalue weighted by Gasteiger charge is -2.00. The fourth-order valence-electron chi connectivity index (χ4n) is 1.67. The molecule has 0 amide bonds. The summed E-state index contributed by atoms with van der Waals surface area (Å²) < 4.78 is 0. The molecule has 0 aliphatic carbocycles. The van der Waals surface area contributed by atoms with Crippen molar-refractivity contribution >= 4 is 23.1 Å². The number of rotatable bonds is 6. The predicted octanol–water partition coefficient (Wildman–Crippen LogP) is 3.68. The standard InChI is InChI=1S/C14H18N2S2/c1-3-17-13-6-4-11(5-7-13)14-16-12(10-18-14)8-9-15-2/h4-7,10,15H,3,8-9H2,1-2H3. The Morgan fingerprint density at radius 3 is 2.72 bits per heavy atom. The molecule has 2 rings (SSSR count). The normalized spacial score (nSPS) is 10.8. The summed E-state index contributed by atoms with van der Waals surface area (Å²) in [5, 5.41) is 6.42. The molecule has 0 radical (unpaired) electrons. The summed E-state index contributed by atoms with van der Waals surface area (Å²) in [6.45, 7) is 3.16. The summed E-state index contributed by atoms with van der Waals surface area (Å²) in [7, 11) is 1.97. The van der Waals surface area contributed by atoms with Gasteiger partial charge in [-0.2, -0.15) is 0 Å². The van der Waals surface area contributed by atoms with Gasteiger partial charge in [0, 0.05) is 28.8 Å². The van der Waals surface area contributed by atoms with E-state index in [9.17, 15) is 0 Å². The number of likely N-dealkylation sites (N-methyl/N-ethyl adjacent to an activating group) is 1. The van der Waals surface area contributed by atoms with E-state index < -0.39 is 0 Å². The fraction of sp³-hybridized carbons (Fsp3) is 0.357. The van der Waals surface area contributed by atoms with Crippen LogP contribution >= 0.6 is 23.1 Å². The number of hydrogen-bond donors (Lipinski definition) is 1. The number of nitrogens with zero attached hydrogens (tertiary/aromatic N) is 1. The summed E-state index contributed by atoms with van der Waals surface area (Å²) in [4.78, 5) is 5.99.